The quantitative estimate of drug-likeness (QED) is 0.895. The molecule has 2 bridgehead atoms. The monoisotopic (exact) mass is 301 g/mol. The minimum absolute atomic E-state index is 0.00262. The molecule has 3 amide bonds. The molecule has 2 fully saturated rings. The maximum absolute atomic E-state index is 12.4. The van der Waals surface area contributed by atoms with Gasteiger partial charge in [-0.15, -0.1) is 0 Å². The SMILES string of the molecule is CCCC(=O)Nc1cccc(NC(=O)N2C[C@H]3CC[C@H]2C3)c1. The number of hydrogen-bond acceptors (Lipinski definition) is 2. The van der Waals surface area contributed by atoms with Crippen molar-refractivity contribution in [1.29, 1.82) is 0 Å². The highest BCUT2D eigenvalue weighted by Gasteiger charge is 2.40. The fourth-order valence-corrected chi connectivity index (χ4v) is 3.49. The summed E-state index contributed by atoms with van der Waals surface area (Å²) in [6, 6.07) is 7.72. The van der Waals surface area contributed by atoms with Gasteiger partial charge in [0, 0.05) is 30.4 Å². The zero-order valence-electron chi connectivity index (χ0n) is 13.0. The van der Waals surface area contributed by atoms with E-state index >= 15 is 0 Å². The Labute approximate surface area is 131 Å². The van der Waals surface area contributed by atoms with Gasteiger partial charge < -0.3 is 15.5 Å². The third-order valence-corrected chi connectivity index (χ3v) is 4.54. The van der Waals surface area contributed by atoms with E-state index < -0.39 is 0 Å². The largest absolute Gasteiger partial charge is 0.326 e. The van der Waals surface area contributed by atoms with E-state index in [4.69, 9.17) is 0 Å². The molecule has 1 saturated heterocycles. The number of likely N-dealkylation sites (tertiary alicyclic amines) is 1. The predicted octanol–water partition coefficient (Wildman–Crippen LogP) is 3.44. The number of carbonyl (C=O) groups is 2. The van der Waals surface area contributed by atoms with Gasteiger partial charge in [-0.25, -0.2) is 4.79 Å². The maximum Gasteiger partial charge on any atom is 0.322 e. The van der Waals surface area contributed by atoms with Gasteiger partial charge in [0.15, 0.2) is 0 Å². The summed E-state index contributed by atoms with van der Waals surface area (Å²) >= 11 is 0. The van der Waals surface area contributed by atoms with Crippen LogP contribution in [0.5, 0.6) is 0 Å². The van der Waals surface area contributed by atoms with E-state index in [-0.39, 0.29) is 11.9 Å². The second-order valence-corrected chi connectivity index (χ2v) is 6.29. The molecule has 5 nitrogen and oxygen atoms in total. The first-order chi connectivity index (χ1) is 10.7. The molecule has 2 atom stereocenters. The first-order valence-corrected chi connectivity index (χ1v) is 8.13. The Kier molecular flexibility index (Phi) is 4.32. The van der Waals surface area contributed by atoms with E-state index in [0.29, 0.717) is 18.4 Å². The summed E-state index contributed by atoms with van der Waals surface area (Å²) in [5, 5.41) is 5.80. The summed E-state index contributed by atoms with van der Waals surface area (Å²) in [7, 11) is 0. The lowest BCUT2D eigenvalue weighted by Crippen LogP contribution is -2.40. The van der Waals surface area contributed by atoms with Crippen molar-refractivity contribution in [3.8, 4) is 0 Å². The molecule has 1 aliphatic carbocycles. The molecular weight excluding hydrogens is 278 g/mol. The maximum atomic E-state index is 12.4. The number of carbonyl (C=O) groups excluding carboxylic acids is 2. The lowest BCUT2D eigenvalue weighted by atomic mass is 10.1. The highest BCUT2D eigenvalue weighted by molar-refractivity contribution is 5.93. The molecular formula is C17H23N3O2. The van der Waals surface area contributed by atoms with Gasteiger partial charge in [0.25, 0.3) is 0 Å². The third-order valence-electron chi connectivity index (χ3n) is 4.54. The van der Waals surface area contributed by atoms with Gasteiger partial charge in [0.1, 0.15) is 0 Å². The fourth-order valence-electron chi connectivity index (χ4n) is 3.49. The number of fused-ring (bicyclic) bond motifs is 2. The van der Waals surface area contributed by atoms with E-state index in [0.717, 1.165) is 37.2 Å². The number of hydrogen-bond donors (Lipinski definition) is 2. The summed E-state index contributed by atoms with van der Waals surface area (Å²) in [5.41, 5.74) is 1.45. The highest BCUT2D eigenvalue weighted by atomic mass is 16.2. The van der Waals surface area contributed by atoms with Gasteiger partial charge in [-0.1, -0.05) is 13.0 Å². The zero-order valence-corrected chi connectivity index (χ0v) is 13.0. The molecule has 2 aliphatic rings. The van der Waals surface area contributed by atoms with Crippen LogP contribution in [0, 0.1) is 5.92 Å². The van der Waals surface area contributed by atoms with Crippen LogP contribution in [0.25, 0.3) is 0 Å². The number of anilines is 2. The van der Waals surface area contributed by atoms with E-state index in [1.54, 1.807) is 6.07 Å². The molecule has 0 spiro atoms. The number of benzene rings is 1. The van der Waals surface area contributed by atoms with Gasteiger partial charge in [-0.2, -0.15) is 0 Å². The van der Waals surface area contributed by atoms with Crippen LogP contribution >= 0.6 is 0 Å². The molecule has 1 aromatic rings. The topological polar surface area (TPSA) is 61.4 Å². The predicted molar refractivity (Wildman–Crippen MR) is 86.8 cm³/mol. The number of amides is 3. The van der Waals surface area contributed by atoms with Crippen LogP contribution < -0.4 is 10.6 Å². The molecule has 1 aliphatic heterocycles. The second kappa shape index (κ2) is 6.38. The highest BCUT2D eigenvalue weighted by Crippen LogP contribution is 2.37. The molecule has 2 N–H and O–H groups in total. The van der Waals surface area contributed by atoms with Gasteiger partial charge in [-0.3, -0.25) is 4.79 Å². The van der Waals surface area contributed by atoms with E-state index in [2.05, 4.69) is 10.6 Å². The van der Waals surface area contributed by atoms with Crippen molar-refractivity contribution < 1.29 is 9.59 Å². The molecule has 3 rings (SSSR count). The lowest BCUT2D eigenvalue weighted by Gasteiger charge is -2.27. The molecule has 1 saturated carbocycles. The number of nitrogens with zero attached hydrogens (tertiary/aromatic N) is 1. The summed E-state index contributed by atoms with van der Waals surface area (Å²) < 4.78 is 0. The second-order valence-electron chi connectivity index (χ2n) is 6.29. The van der Waals surface area contributed by atoms with Gasteiger partial charge in [-0.05, 0) is 49.8 Å². The van der Waals surface area contributed by atoms with Crippen LogP contribution in [0.15, 0.2) is 24.3 Å². The van der Waals surface area contributed by atoms with Crippen LogP contribution in [0.4, 0.5) is 16.2 Å². The Morgan fingerprint density at radius 3 is 2.64 bits per heavy atom. The van der Waals surface area contributed by atoms with Crippen LogP contribution in [0.1, 0.15) is 39.0 Å². The smallest absolute Gasteiger partial charge is 0.322 e. The minimum Gasteiger partial charge on any atom is -0.326 e. The summed E-state index contributed by atoms with van der Waals surface area (Å²) in [5.74, 6) is 0.693. The molecule has 22 heavy (non-hydrogen) atoms. The Balaban J connectivity index is 1.60. The van der Waals surface area contributed by atoms with Crippen molar-refractivity contribution in [2.24, 2.45) is 5.92 Å². The van der Waals surface area contributed by atoms with Gasteiger partial charge >= 0.3 is 6.03 Å². The molecule has 0 radical (unpaired) electrons. The van der Waals surface area contributed by atoms with Crippen molar-refractivity contribution in [1.82, 2.24) is 4.90 Å². The molecule has 118 valence electrons. The number of piperidine rings is 1. The normalized spacial score (nSPS) is 22.7. The lowest BCUT2D eigenvalue weighted by molar-refractivity contribution is -0.116. The van der Waals surface area contributed by atoms with Crippen molar-refractivity contribution in [2.75, 3.05) is 17.2 Å². The molecule has 0 aromatic heterocycles. The summed E-state index contributed by atoms with van der Waals surface area (Å²) in [4.78, 5) is 26.0. The van der Waals surface area contributed by atoms with E-state index in [9.17, 15) is 9.59 Å². The molecule has 1 aromatic carbocycles. The molecule has 0 unspecified atom stereocenters. The number of urea groups is 1. The summed E-state index contributed by atoms with van der Waals surface area (Å²) in [6.45, 7) is 2.85. The standard InChI is InChI=1S/C17H23N3O2/c1-2-4-16(21)18-13-5-3-6-14(10-13)19-17(22)20-11-12-7-8-15(20)9-12/h3,5-6,10,12,15H,2,4,7-9,11H2,1H3,(H,18,21)(H,19,22)/t12-,15-/m0/s1. The van der Waals surface area contributed by atoms with Crippen LogP contribution in [-0.4, -0.2) is 29.4 Å². The first kappa shape index (κ1) is 14.9. The van der Waals surface area contributed by atoms with E-state index in [1.807, 2.05) is 30.0 Å². The minimum atomic E-state index is -0.0239. The first-order valence-electron chi connectivity index (χ1n) is 8.13. The number of nitrogens with one attached hydrogen (secondary N) is 2. The summed E-state index contributed by atoms with van der Waals surface area (Å²) in [6.07, 6.45) is 4.87. The Morgan fingerprint density at radius 2 is 2.00 bits per heavy atom. The Hall–Kier alpha value is -2.04. The number of rotatable bonds is 4. The van der Waals surface area contributed by atoms with Crippen LogP contribution in [0.2, 0.25) is 0 Å². The van der Waals surface area contributed by atoms with Crippen molar-refractivity contribution in [3.63, 3.8) is 0 Å². The van der Waals surface area contributed by atoms with E-state index in [1.165, 1.54) is 6.42 Å². The van der Waals surface area contributed by atoms with Crippen LogP contribution in [0.3, 0.4) is 0 Å². The fraction of sp³-hybridized carbons (Fsp3) is 0.529. The Bertz CT molecular complexity index is 573. The van der Waals surface area contributed by atoms with Gasteiger partial charge in [0.2, 0.25) is 5.91 Å². The zero-order chi connectivity index (χ0) is 15.5. The van der Waals surface area contributed by atoms with Gasteiger partial charge in [0.05, 0.1) is 0 Å². The molecule has 5 heteroatoms. The van der Waals surface area contributed by atoms with Crippen LogP contribution in [-0.2, 0) is 4.79 Å². The Morgan fingerprint density at radius 1 is 1.23 bits per heavy atom. The van der Waals surface area contributed by atoms with Crippen molar-refractivity contribution >= 4 is 23.3 Å². The van der Waals surface area contributed by atoms with Crippen molar-refractivity contribution in [2.45, 2.75) is 45.1 Å². The third kappa shape index (κ3) is 3.24. The average Bonchev–Trinajstić information content (AvgIpc) is 3.10. The molecule has 1 heterocycles. The average molecular weight is 301 g/mol. The van der Waals surface area contributed by atoms with Crippen molar-refractivity contribution in [3.05, 3.63) is 24.3 Å².